The van der Waals surface area contributed by atoms with Gasteiger partial charge in [0.15, 0.2) is 0 Å². The summed E-state index contributed by atoms with van der Waals surface area (Å²) in [5.41, 5.74) is 0. The minimum atomic E-state index is -0.889. The molecular weight excluding hydrogens is 286 g/mol. The van der Waals surface area contributed by atoms with Gasteiger partial charge in [0.25, 0.3) is 0 Å². The van der Waals surface area contributed by atoms with E-state index in [1.165, 1.54) is 32.2 Å². The van der Waals surface area contributed by atoms with Gasteiger partial charge in [0.1, 0.15) is 5.78 Å². The molecule has 0 saturated carbocycles. The van der Waals surface area contributed by atoms with E-state index in [4.69, 9.17) is 0 Å². The van der Waals surface area contributed by atoms with Gasteiger partial charge in [-0.15, -0.1) is 0 Å². The average molecular weight is 318 g/mol. The summed E-state index contributed by atoms with van der Waals surface area (Å²) in [4.78, 5) is 22.9. The van der Waals surface area contributed by atoms with Gasteiger partial charge in [-0.1, -0.05) is 44.9 Å². The van der Waals surface area contributed by atoms with Crippen molar-refractivity contribution in [2.45, 2.75) is 64.7 Å². The van der Waals surface area contributed by atoms with E-state index in [9.17, 15) is 9.59 Å². The number of hydrogen-bond acceptors (Lipinski definition) is 3. The van der Waals surface area contributed by atoms with E-state index in [1.54, 1.807) is 0 Å². The third-order valence-corrected chi connectivity index (χ3v) is 5.57. The Morgan fingerprint density at radius 3 is 2.20 bits per heavy atom. The molecule has 0 aromatic carbocycles. The summed E-state index contributed by atoms with van der Waals surface area (Å²) < 4.78 is 0. The van der Waals surface area contributed by atoms with Gasteiger partial charge in [0.2, 0.25) is 5.91 Å². The van der Waals surface area contributed by atoms with E-state index < -0.39 is 8.07 Å². The molecule has 0 saturated heterocycles. The standard InChI is InChI=1S/C15H31NO2SSi/c1-13(17)11-14(12-19)15(18)16-9-7-5-6-8-10-20(2,3)4/h14,19H,5-12H2,1-4H3,(H,16,18)/t14-/m0/s1. The lowest BCUT2D eigenvalue weighted by Crippen LogP contribution is -2.33. The fourth-order valence-corrected chi connectivity index (χ4v) is 3.68. The second-order valence-corrected chi connectivity index (χ2v) is 12.8. The Hall–Kier alpha value is -0.293. The van der Waals surface area contributed by atoms with Crippen LogP contribution in [-0.2, 0) is 9.59 Å². The normalized spacial score (nSPS) is 13.1. The van der Waals surface area contributed by atoms with Crippen molar-refractivity contribution in [3.05, 3.63) is 0 Å². The lowest BCUT2D eigenvalue weighted by atomic mass is 10.0. The second-order valence-electron chi connectivity index (χ2n) is 6.80. The van der Waals surface area contributed by atoms with Crippen LogP contribution in [-0.4, -0.2) is 32.1 Å². The summed E-state index contributed by atoms with van der Waals surface area (Å²) in [6.07, 6.45) is 5.06. The highest BCUT2D eigenvalue weighted by atomic mass is 32.1. The minimum absolute atomic E-state index is 0.0303. The van der Waals surface area contributed by atoms with Crippen molar-refractivity contribution in [3.63, 3.8) is 0 Å². The molecule has 0 unspecified atom stereocenters. The van der Waals surface area contributed by atoms with Crippen LogP contribution < -0.4 is 5.32 Å². The Morgan fingerprint density at radius 2 is 1.70 bits per heavy atom. The van der Waals surface area contributed by atoms with Crippen LogP contribution in [0, 0.1) is 5.92 Å². The monoisotopic (exact) mass is 317 g/mol. The highest BCUT2D eigenvalue weighted by Crippen LogP contribution is 2.14. The van der Waals surface area contributed by atoms with Crippen molar-refractivity contribution in [2.75, 3.05) is 12.3 Å². The molecule has 0 bridgehead atoms. The molecule has 20 heavy (non-hydrogen) atoms. The quantitative estimate of drug-likeness (QED) is 0.348. The maximum absolute atomic E-state index is 11.8. The number of ketones is 1. The first-order valence-electron chi connectivity index (χ1n) is 7.64. The number of Topliss-reactive ketones (excluding diaryl/α,β-unsaturated/α-hetero) is 1. The maximum Gasteiger partial charge on any atom is 0.224 e. The molecule has 0 aliphatic carbocycles. The van der Waals surface area contributed by atoms with Gasteiger partial charge in [0.05, 0.1) is 5.92 Å². The van der Waals surface area contributed by atoms with Gasteiger partial charge in [-0.25, -0.2) is 0 Å². The molecule has 0 aromatic heterocycles. The molecule has 5 heteroatoms. The van der Waals surface area contributed by atoms with Crippen LogP contribution in [0.25, 0.3) is 0 Å². The molecule has 1 amide bonds. The lowest BCUT2D eigenvalue weighted by molar-refractivity contribution is -0.128. The van der Waals surface area contributed by atoms with E-state index in [0.29, 0.717) is 18.7 Å². The third kappa shape index (κ3) is 11.5. The zero-order valence-electron chi connectivity index (χ0n) is 13.5. The van der Waals surface area contributed by atoms with Crippen LogP contribution in [0.1, 0.15) is 39.0 Å². The van der Waals surface area contributed by atoms with Crippen molar-refractivity contribution >= 4 is 32.4 Å². The zero-order chi connectivity index (χ0) is 15.6. The summed E-state index contributed by atoms with van der Waals surface area (Å²) >= 11 is 4.14. The molecule has 0 aromatic rings. The average Bonchev–Trinajstić information content (AvgIpc) is 2.32. The summed E-state index contributed by atoms with van der Waals surface area (Å²) in [6, 6.07) is 1.39. The van der Waals surface area contributed by atoms with Crippen LogP contribution in [0.5, 0.6) is 0 Å². The van der Waals surface area contributed by atoms with Crippen molar-refractivity contribution in [1.82, 2.24) is 5.32 Å². The Bertz CT molecular complexity index is 303. The first-order valence-corrected chi connectivity index (χ1v) is 12.0. The molecule has 1 N–H and O–H groups in total. The Labute approximate surface area is 130 Å². The van der Waals surface area contributed by atoms with E-state index in [0.717, 1.165) is 6.42 Å². The largest absolute Gasteiger partial charge is 0.356 e. The smallest absolute Gasteiger partial charge is 0.224 e. The van der Waals surface area contributed by atoms with Gasteiger partial charge in [0, 0.05) is 26.8 Å². The maximum atomic E-state index is 11.8. The Morgan fingerprint density at radius 1 is 1.10 bits per heavy atom. The fourth-order valence-electron chi connectivity index (χ4n) is 2.08. The topological polar surface area (TPSA) is 46.2 Å². The second kappa shape index (κ2) is 10.4. The SMILES string of the molecule is CC(=O)C[C@@H](CS)C(=O)NCCCCCC[Si](C)(C)C. The summed E-state index contributed by atoms with van der Waals surface area (Å²) in [5, 5.41) is 2.91. The number of hydrogen-bond donors (Lipinski definition) is 2. The molecular formula is C15H31NO2SSi. The van der Waals surface area contributed by atoms with Gasteiger partial charge < -0.3 is 10.1 Å². The molecule has 0 rings (SSSR count). The van der Waals surface area contributed by atoms with Crippen molar-refractivity contribution in [1.29, 1.82) is 0 Å². The summed E-state index contributed by atoms with van der Waals surface area (Å²) in [7, 11) is -0.889. The van der Waals surface area contributed by atoms with Crippen LogP contribution in [0.4, 0.5) is 0 Å². The van der Waals surface area contributed by atoms with Gasteiger partial charge >= 0.3 is 0 Å². The highest BCUT2D eigenvalue weighted by Gasteiger charge is 2.18. The molecule has 118 valence electrons. The summed E-state index contributed by atoms with van der Waals surface area (Å²) in [5.74, 6) is 0.173. The van der Waals surface area contributed by atoms with Crippen LogP contribution >= 0.6 is 12.6 Å². The van der Waals surface area contributed by atoms with Gasteiger partial charge in [-0.3, -0.25) is 4.79 Å². The third-order valence-electron chi connectivity index (χ3n) is 3.28. The molecule has 0 spiro atoms. The van der Waals surface area contributed by atoms with Gasteiger partial charge in [-0.05, 0) is 13.3 Å². The molecule has 0 fully saturated rings. The van der Waals surface area contributed by atoms with Crippen LogP contribution in [0.2, 0.25) is 25.7 Å². The molecule has 3 nitrogen and oxygen atoms in total. The predicted molar refractivity (Wildman–Crippen MR) is 92.3 cm³/mol. The number of carbonyl (C=O) groups excluding carboxylic acids is 2. The number of unbranched alkanes of at least 4 members (excludes halogenated alkanes) is 3. The number of thiol groups is 1. The van der Waals surface area contributed by atoms with Crippen molar-refractivity contribution in [2.24, 2.45) is 5.92 Å². The molecule has 0 aliphatic heterocycles. The lowest BCUT2D eigenvalue weighted by Gasteiger charge is -2.15. The molecule has 1 atom stereocenters. The van der Waals surface area contributed by atoms with Crippen molar-refractivity contribution in [3.8, 4) is 0 Å². The van der Waals surface area contributed by atoms with E-state index in [1.807, 2.05) is 0 Å². The minimum Gasteiger partial charge on any atom is -0.356 e. The number of rotatable bonds is 11. The molecule has 0 heterocycles. The first-order chi connectivity index (χ1) is 9.26. The predicted octanol–water partition coefficient (Wildman–Crippen LogP) is 3.53. The van der Waals surface area contributed by atoms with Gasteiger partial charge in [-0.2, -0.15) is 12.6 Å². The Balaban J connectivity index is 3.63. The fraction of sp³-hybridized carbons (Fsp3) is 0.867. The van der Waals surface area contributed by atoms with E-state index in [-0.39, 0.29) is 17.6 Å². The number of amides is 1. The van der Waals surface area contributed by atoms with Crippen LogP contribution in [0.15, 0.2) is 0 Å². The molecule has 0 aliphatic rings. The van der Waals surface area contributed by atoms with Crippen LogP contribution in [0.3, 0.4) is 0 Å². The zero-order valence-corrected chi connectivity index (χ0v) is 15.4. The van der Waals surface area contributed by atoms with E-state index in [2.05, 4.69) is 37.6 Å². The number of carbonyl (C=O) groups is 2. The van der Waals surface area contributed by atoms with E-state index >= 15 is 0 Å². The Kier molecular flexibility index (Phi) is 10.3. The number of nitrogens with one attached hydrogen (secondary N) is 1. The van der Waals surface area contributed by atoms with Crippen molar-refractivity contribution < 1.29 is 9.59 Å². The molecule has 0 radical (unpaired) electrons. The first kappa shape index (κ1) is 19.7. The highest BCUT2D eigenvalue weighted by molar-refractivity contribution is 7.80. The summed E-state index contributed by atoms with van der Waals surface area (Å²) in [6.45, 7) is 9.44.